The first-order valence-corrected chi connectivity index (χ1v) is 5.68. The van der Waals surface area contributed by atoms with E-state index >= 15 is 0 Å². The van der Waals surface area contributed by atoms with Crippen molar-refractivity contribution in [1.29, 1.82) is 0 Å². The monoisotopic (exact) mass is 251 g/mol. The number of likely N-dealkylation sites (tertiary alicyclic amines) is 1. The van der Waals surface area contributed by atoms with Crippen molar-refractivity contribution < 1.29 is 14.5 Å². The average Bonchev–Trinajstić information content (AvgIpc) is 2.90. The number of carbonyl (C=O) groups excluding carboxylic acids is 1. The van der Waals surface area contributed by atoms with E-state index in [2.05, 4.69) is 4.98 Å². The van der Waals surface area contributed by atoms with Crippen molar-refractivity contribution in [3.63, 3.8) is 0 Å². The van der Waals surface area contributed by atoms with Crippen LogP contribution in [0.3, 0.4) is 0 Å². The number of hydrogen-bond acceptors (Lipinski definition) is 5. The molecule has 1 aliphatic rings. The van der Waals surface area contributed by atoms with Crippen molar-refractivity contribution in [2.75, 3.05) is 19.7 Å². The van der Waals surface area contributed by atoms with Crippen LogP contribution < -0.4 is 4.74 Å². The lowest BCUT2D eigenvalue weighted by molar-refractivity contribution is -0.390. The number of pyridine rings is 1. The Morgan fingerprint density at radius 1 is 1.50 bits per heavy atom. The van der Waals surface area contributed by atoms with Crippen LogP contribution >= 0.6 is 0 Å². The first-order chi connectivity index (χ1) is 8.68. The van der Waals surface area contributed by atoms with Gasteiger partial charge in [0.2, 0.25) is 5.75 Å². The highest BCUT2D eigenvalue weighted by Gasteiger charge is 2.21. The molecule has 0 aliphatic carbocycles. The van der Waals surface area contributed by atoms with Gasteiger partial charge in [-0.3, -0.25) is 4.79 Å². The molecule has 1 saturated heterocycles. The van der Waals surface area contributed by atoms with Gasteiger partial charge in [0.25, 0.3) is 5.91 Å². The molecule has 1 aliphatic heterocycles. The van der Waals surface area contributed by atoms with Crippen molar-refractivity contribution in [2.24, 2.45) is 0 Å². The molecule has 0 spiro atoms. The smallest absolute Gasteiger partial charge is 0.406 e. The van der Waals surface area contributed by atoms with Gasteiger partial charge in [-0.05, 0) is 34.9 Å². The zero-order chi connectivity index (χ0) is 13.0. The Kier molecular flexibility index (Phi) is 3.71. The standard InChI is InChI=1S/C11H13N3O4/c15-10(13-6-1-2-7-13)8-18-9-4-3-5-12-11(9)14(16)17/h3-5H,1-2,6-8H2. The number of carbonyl (C=O) groups is 1. The molecular formula is C11H13N3O4. The summed E-state index contributed by atoms with van der Waals surface area (Å²) in [7, 11) is 0. The molecule has 0 bridgehead atoms. The van der Waals surface area contributed by atoms with E-state index in [0.717, 1.165) is 25.9 Å². The van der Waals surface area contributed by atoms with Crippen LogP contribution in [0.2, 0.25) is 0 Å². The molecule has 0 N–H and O–H groups in total. The molecule has 18 heavy (non-hydrogen) atoms. The molecule has 1 aromatic heterocycles. The lowest BCUT2D eigenvalue weighted by Crippen LogP contribution is -2.32. The Hall–Kier alpha value is -2.18. The summed E-state index contributed by atoms with van der Waals surface area (Å²) in [6.45, 7) is 1.28. The van der Waals surface area contributed by atoms with Crippen molar-refractivity contribution in [1.82, 2.24) is 9.88 Å². The second-order valence-corrected chi connectivity index (χ2v) is 3.96. The summed E-state index contributed by atoms with van der Waals surface area (Å²) in [6, 6.07) is 2.96. The molecule has 0 unspecified atom stereocenters. The van der Waals surface area contributed by atoms with Crippen LogP contribution in [0.4, 0.5) is 5.82 Å². The summed E-state index contributed by atoms with van der Waals surface area (Å²) in [6.07, 6.45) is 3.31. The maximum absolute atomic E-state index is 11.7. The van der Waals surface area contributed by atoms with Gasteiger partial charge in [0.1, 0.15) is 6.20 Å². The first kappa shape index (κ1) is 12.3. The van der Waals surface area contributed by atoms with Gasteiger partial charge in [-0.2, -0.15) is 0 Å². The van der Waals surface area contributed by atoms with Crippen LogP contribution in [-0.4, -0.2) is 40.4 Å². The predicted molar refractivity (Wildman–Crippen MR) is 62.2 cm³/mol. The fraction of sp³-hybridized carbons (Fsp3) is 0.455. The van der Waals surface area contributed by atoms with Gasteiger partial charge in [0, 0.05) is 13.1 Å². The lowest BCUT2D eigenvalue weighted by Gasteiger charge is -2.15. The fourth-order valence-electron chi connectivity index (χ4n) is 1.83. The number of nitrogens with zero attached hydrogens (tertiary/aromatic N) is 3. The Morgan fingerprint density at radius 2 is 2.22 bits per heavy atom. The van der Waals surface area contributed by atoms with E-state index in [-0.39, 0.29) is 24.1 Å². The maximum atomic E-state index is 11.7. The maximum Gasteiger partial charge on any atom is 0.406 e. The van der Waals surface area contributed by atoms with Crippen LogP contribution in [-0.2, 0) is 4.79 Å². The van der Waals surface area contributed by atoms with E-state index in [0.29, 0.717) is 0 Å². The highest BCUT2D eigenvalue weighted by Crippen LogP contribution is 2.22. The summed E-state index contributed by atoms with van der Waals surface area (Å²) in [5.74, 6) is -0.493. The van der Waals surface area contributed by atoms with Crippen LogP contribution in [0.25, 0.3) is 0 Å². The second kappa shape index (κ2) is 5.44. The molecule has 0 radical (unpaired) electrons. The summed E-state index contributed by atoms with van der Waals surface area (Å²) >= 11 is 0. The Balaban J connectivity index is 1.97. The number of hydrogen-bond donors (Lipinski definition) is 0. The molecule has 1 fully saturated rings. The van der Waals surface area contributed by atoms with E-state index < -0.39 is 4.92 Å². The zero-order valence-corrected chi connectivity index (χ0v) is 9.74. The van der Waals surface area contributed by atoms with Crippen molar-refractivity contribution >= 4 is 11.7 Å². The minimum atomic E-state index is -0.629. The fourth-order valence-corrected chi connectivity index (χ4v) is 1.83. The third-order valence-electron chi connectivity index (χ3n) is 2.73. The summed E-state index contributed by atoms with van der Waals surface area (Å²) in [5.41, 5.74) is 0. The molecule has 96 valence electrons. The van der Waals surface area contributed by atoms with Gasteiger partial charge in [0.15, 0.2) is 6.61 Å². The third-order valence-corrected chi connectivity index (χ3v) is 2.73. The van der Waals surface area contributed by atoms with Gasteiger partial charge in [-0.1, -0.05) is 0 Å². The van der Waals surface area contributed by atoms with E-state index in [4.69, 9.17) is 4.74 Å². The van der Waals surface area contributed by atoms with Crippen molar-refractivity contribution in [2.45, 2.75) is 12.8 Å². The first-order valence-electron chi connectivity index (χ1n) is 5.68. The largest absolute Gasteiger partial charge is 0.476 e. The summed E-state index contributed by atoms with van der Waals surface area (Å²) in [4.78, 5) is 27.1. The predicted octanol–water partition coefficient (Wildman–Crippen LogP) is 0.991. The van der Waals surface area contributed by atoms with Crippen LogP contribution in [0.1, 0.15) is 12.8 Å². The van der Waals surface area contributed by atoms with Crippen LogP contribution in [0, 0.1) is 10.1 Å². The van der Waals surface area contributed by atoms with Gasteiger partial charge in [0.05, 0.1) is 0 Å². The number of aromatic nitrogens is 1. The number of rotatable bonds is 4. The minimum Gasteiger partial charge on any atom is -0.476 e. The molecule has 7 nitrogen and oxygen atoms in total. The van der Waals surface area contributed by atoms with Gasteiger partial charge in [-0.25, -0.2) is 0 Å². The Bertz CT molecular complexity index is 457. The average molecular weight is 251 g/mol. The van der Waals surface area contributed by atoms with E-state index in [1.54, 1.807) is 4.90 Å². The normalized spacial score (nSPS) is 14.6. The molecule has 1 amide bonds. The zero-order valence-electron chi connectivity index (χ0n) is 9.74. The third kappa shape index (κ3) is 2.73. The summed E-state index contributed by atoms with van der Waals surface area (Å²) in [5, 5.41) is 10.7. The second-order valence-electron chi connectivity index (χ2n) is 3.96. The molecular weight excluding hydrogens is 238 g/mol. The topological polar surface area (TPSA) is 85.6 Å². The quantitative estimate of drug-likeness (QED) is 0.588. The Labute approximate surface area is 104 Å². The molecule has 0 saturated carbocycles. The number of amides is 1. The molecule has 7 heteroatoms. The van der Waals surface area contributed by atoms with Gasteiger partial charge < -0.3 is 19.8 Å². The van der Waals surface area contributed by atoms with Crippen molar-refractivity contribution in [3.05, 3.63) is 28.4 Å². The highest BCUT2D eigenvalue weighted by atomic mass is 16.6. The van der Waals surface area contributed by atoms with Crippen LogP contribution in [0.5, 0.6) is 5.75 Å². The SMILES string of the molecule is O=C(COc1cccnc1[N+](=O)[O-])N1CCCC1. The van der Waals surface area contributed by atoms with Crippen LogP contribution in [0.15, 0.2) is 18.3 Å². The number of ether oxygens (including phenoxy) is 1. The van der Waals surface area contributed by atoms with Gasteiger partial charge in [-0.15, -0.1) is 0 Å². The molecule has 2 rings (SSSR count). The van der Waals surface area contributed by atoms with Crippen molar-refractivity contribution in [3.8, 4) is 5.75 Å². The molecule has 2 heterocycles. The molecule has 0 aromatic carbocycles. The van der Waals surface area contributed by atoms with E-state index in [1.165, 1.54) is 18.3 Å². The molecule has 0 atom stereocenters. The van der Waals surface area contributed by atoms with E-state index in [1.807, 2.05) is 0 Å². The molecule has 1 aromatic rings. The lowest BCUT2D eigenvalue weighted by atomic mass is 10.4. The minimum absolute atomic E-state index is 0.0232. The van der Waals surface area contributed by atoms with Gasteiger partial charge >= 0.3 is 5.82 Å². The number of nitro groups is 1. The van der Waals surface area contributed by atoms with E-state index in [9.17, 15) is 14.9 Å². The highest BCUT2D eigenvalue weighted by molar-refractivity contribution is 5.78. The summed E-state index contributed by atoms with van der Waals surface area (Å²) < 4.78 is 5.18. The Morgan fingerprint density at radius 3 is 2.89 bits per heavy atom.